The third-order valence-electron chi connectivity index (χ3n) is 3.54. The van der Waals surface area contributed by atoms with Crippen LogP contribution in [-0.4, -0.2) is 53.5 Å². The molecule has 1 fully saturated rings. The molecule has 0 saturated carbocycles. The molecule has 0 spiro atoms. The first-order valence-corrected chi connectivity index (χ1v) is 6.69. The second-order valence-electron chi connectivity index (χ2n) is 4.97. The average Bonchev–Trinajstić information content (AvgIpc) is 2.40. The molecule has 2 rings (SSSR count). The van der Waals surface area contributed by atoms with Crippen LogP contribution in [0.15, 0.2) is 24.3 Å². The number of benzene rings is 1. The standard InChI is InChI=1S/C14H21FN2O2/c15-12-4-2-1-3-11(12)9-17-7-5-13(14(19)10-17)16-6-8-18/h1-4,13-14,16,18-19H,5-10H2/t13-,14-/m1/s1. The minimum absolute atomic E-state index is 0.0176. The lowest BCUT2D eigenvalue weighted by molar-refractivity contribution is 0.0353. The largest absolute Gasteiger partial charge is 0.395 e. The van der Waals surface area contributed by atoms with Gasteiger partial charge in [0.25, 0.3) is 0 Å². The van der Waals surface area contributed by atoms with E-state index in [4.69, 9.17) is 5.11 Å². The van der Waals surface area contributed by atoms with Crippen molar-refractivity contribution in [2.24, 2.45) is 0 Å². The van der Waals surface area contributed by atoms with Crippen LogP contribution in [0.4, 0.5) is 4.39 Å². The first kappa shape index (κ1) is 14.4. The van der Waals surface area contributed by atoms with E-state index >= 15 is 0 Å². The lowest BCUT2D eigenvalue weighted by Crippen LogP contribution is -2.52. The van der Waals surface area contributed by atoms with Crippen molar-refractivity contribution in [3.63, 3.8) is 0 Å². The Bertz CT molecular complexity index is 403. The van der Waals surface area contributed by atoms with Crippen LogP contribution in [0.1, 0.15) is 12.0 Å². The van der Waals surface area contributed by atoms with Gasteiger partial charge in [-0.15, -0.1) is 0 Å². The lowest BCUT2D eigenvalue weighted by Gasteiger charge is -2.36. The molecule has 0 amide bonds. The molecule has 106 valence electrons. The number of rotatable bonds is 5. The number of aliphatic hydroxyl groups is 2. The van der Waals surface area contributed by atoms with Gasteiger partial charge >= 0.3 is 0 Å². The van der Waals surface area contributed by atoms with Crippen molar-refractivity contribution in [1.82, 2.24) is 10.2 Å². The van der Waals surface area contributed by atoms with Crippen molar-refractivity contribution in [1.29, 1.82) is 0 Å². The Balaban J connectivity index is 1.86. The number of β-amino-alcohol motifs (C(OH)–C–C–N with tert-alkyl or cyclic N) is 1. The normalized spacial score (nSPS) is 24.6. The van der Waals surface area contributed by atoms with Gasteiger partial charge in [0.15, 0.2) is 0 Å². The minimum atomic E-state index is -0.480. The smallest absolute Gasteiger partial charge is 0.127 e. The number of nitrogens with zero attached hydrogens (tertiary/aromatic N) is 1. The van der Waals surface area contributed by atoms with Crippen LogP contribution in [0.5, 0.6) is 0 Å². The second kappa shape index (κ2) is 6.96. The van der Waals surface area contributed by atoms with Crippen LogP contribution in [0.3, 0.4) is 0 Å². The maximum Gasteiger partial charge on any atom is 0.127 e. The van der Waals surface area contributed by atoms with Crippen molar-refractivity contribution >= 4 is 0 Å². The van der Waals surface area contributed by atoms with Gasteiger partial charge in [-0.05, 0) is 12.5 Å². The Morgan fingerprint density at radius 1 is 1.37 bits per heavy atom. The third-order valence-corrected chi connectivity index (χ3v) is 3.54. The molecule has 0 unspecified atom stereocenters. The maximum atomic E-state index is 13.6. The highest BCUT2D eigenvalue weighted by atomic mass is 19.1. The van der Waals surface area contributed by atoms with Gasteiger partial charge in [-0.1, -0.05) is 18.2 Å². The highest BCUT2D eigenvalue weighted by Gasteiger charge is 2.27. The molecule has 1 aliphatic heterocycles. The Morgan fingerprint density at radius 3 is 2.84 bits per heavy atom. The fourth-order valence-corrected chi connectivity index (χ4v) is 2.50. The van der Waals surface area contributed by atoms with Crippen molar-refractivity contribution in [2.75, 3.05) is 26.2 Å². The molecule has 19 heavy (non-hydrogen) atoms. The number of hydrogen-bond acceptors (Lipinski definition) is 4. The zero-order valence-electron chi connectivity index (χ0n) is 10.9. The number of hydrogen-bond donors (Lipinski definition) is 3. The van der Waals surface area contributed by atoms with Crippen LogP contribution in [0.25, 0.3) is 0 Å². The molecule has 1 aromatic carbocycles. The number of aliphatic hydroxyl groups excluding tert-OH is 2. The molecule has 1 aromatic rings. The maximum absolute atomic E-state index is 13.6. The van der Waals surface area contributed by atoms with Gasteiger partial charge in [0, 0.05) is 37.8 Å². The average molecular weight is 268 g/mol. The Labute approximate surface area is 112 Å². The van der Waals surface area contributed by atoms with Gasteiger partial charge in [0.2, 0.25) is 0 Å². The molecule has 1 heterocycles. The summed E-state index contributed by atoms with van der Waals surface area (Å²) in [7, 11) is 0. The van der Waals surface area contributed by atoms with E-state index in [1.54, 1.807) is 12.1 Å². The highest BCUT2D eigenvalue weighted by Crippen LogP contribution is 2.16. The van der Waals surface area contributed by atoms with E-state index in [1.165, 1.54) is 6.07 Å². The molecule has 1 saturated heterocycles. The van der Waals surface area contributed by atoms with Gasteiger partial charge in [-0.2, -0.15) is 0 Å². The van der Waals surface area contributed by atoms with Gasteiger partial charge < -0.3 is 15.5 Å². The molecule has 0 radical (unpaired) electrons. The predicted molar refractivity (Wildman–Crippen MR) is 71.2 cm³/mol. The Morgan fingerprint density at radius 2 is 2.16 bits per heavy atom. The summed E-state index contributed by atoms with van der Waals surface area (Å²) in [4.78, 5) is 2.06. The number of piperidine rings is 1. The topological polar surface area (TPSA) is 55.7 Å². The summed E-state index contributed by atoms with van der Waals surface area (Å²) in [5.74, 6) is -0.197. The SMILES string of the molecule is OCCN[C@@H]1CCN(Cc2ccccc2F)C[C@H]1O. The van der Waals surface area contributed by atoms with Crippen molar-refractivity contribution in [3.05, 3.63) is 35.6 Å². The fourth-order valence-electron chi connectivity index (χ4n) is 2.50. The van der Waals surface area contributed by atoms with E-state index in [0.29, 0.717) is 25.2 Å². The summed E-state index contributed by atoms with van der Waals surface area (Å²) in [5, 5.41) is 21.9. The Hall–Kier alpha value is -1.01. The van der Waals surface area contributed by atoms with Crippen LogP contribution in [0, 0.1) is 5.82 Å². The van der Waals surface area contributed by atoms with E-state index in [1.807, 2.05) is 6.07 Å². The van der Waals surface area contributed by atoms with Gasteiger partial charge in [-0.3, -0.25) is 4.90 Å². The van der Waals surface area contributed by atoms with E-state index < -0.39 is 6.10 Å². The minimum Gasteiger partial charge on any atom is -0.395 e. The van der Waals surface area contributed by atoms with Gasteiger partial charge in [-0.25, -0.2) is 4.39 Å². The zero-order valence-corrected chi connectivity index (χ0v) is 10.9. The van der Waals surface area contributed by atoms with E-state index in [2.05, 4.69) is 10.2 Å². The predicted octanol–water partition coefficient (Wildman–Crippen LogP) is 0.343. The number of nitrogens with one attached hydrogen (secondary N) is 1. The molecule has 2 atom stereocenters. The zero-order chi connectivity index (χ0) is 13.7. The summed E-state index contributed by atoms with van der Waals surface area (Å²) in [6, 6.07) is 6.76. The lowest BCUT2D eigenvalue weighted by atomic mass is 10.0. The molecular weight excluding hydrogens is 247 g/mol. The number of likely N-dealkylation sites (tertiary alicyclic amines) is 1. The Kier molecular flexibility index (Phi) is 5.27. The summed E-state index contributed by atoms with van der Waals surface area (Å²) in [6.45, 7) is 2.43. The quantitative estimate of drug-likeness (QED) is 0.721. The van der Waals surface area contributed by atoms with E-state index in [-0.39, 0.29) is 18.5 Å². The molecule has 4 nitrogen and oxygen atoms in total. The molecule has 3 N–H and O–H groups in total. The van der Waals surface area contributed by atoms with Gasteiger partial charge in [0.05, 0.1) is 12.7 Å². The monoisotopic (exact) mass is 268 g/mol. The van der Waals surface area contributed by atoms with Crippen molar-refractivity contribution < 1.29 is 14.6 Å². The molecule has 0 bridgehead atoms. The summed E-state index contributed by atoms with van der Waals surface area (Å²) in [5.41, 5.74) is 0.663. The first-order valence-electron chi connectivity index (χ1n) is 6.69. The van der Waals surface area contributed by atoms with Gasteiger partial charge in [0.1, 0.15) is 5.82 Å². The molecule has 1 aliphatic rings. The molecular formula is C14H21FN2O2. The van der Waals surface area contributed by atoms with Crippen LogP contribution < -0.4 is 5.32 Å². The molecule has 5 heteroatoms. The molecule has 0 aromatic heterocycles. The van der Waals surface area contributed by atoms with E-state index in [9.17, 15) is 9.50 Å². The third kappa shape index (κ3) is 3.98. The summed E-state index contributed by atoms with van der Waals surface area (Å²) in [6.07, 6.45) is 0.322. The van der Waals surface area contributed by atoms with Crippen molar-refractivity contribution in [3.8, 4) is 0 Å². The van der Waals surface area contributed by atoms with Crippen LogP contribution in [-0.2, 0) is 6.54 Å². The van der Waals surface area contributed by atoms with Crippen molar-refractivity contribution in [2.45, 2.75) is 25.1 Å². The summed E-state index contributed by atoms with van der Waals surface area (Å²) >= 11 is 0. The number of halogens is 1. The fraction of sp³-hybridized carbons (Fsp3) is 0.571. The van der Waals surface area contributed by atoms with Crippen LogP contribution >= 0.6 is 0 Å². The first-order chi connectivity index (χ1) is 9.20. The highest BCUT2D eigenvalue weighted by molar-refractivity contribution is 5.17. The van der Waals surface area contributed by atoms with E-state index in [0.717, 1.165) is 13.0 Å². The molecule has 0 aliphatic carbocycles. The second-order valence-corrected chi connectivity index (χ2v) is 4.97. The van der Waals surface area contributed by atoms with Crippen LogP contribution in [0.2, 0.25) is 0 Å². The summed E-state index contributed by atoms with van der Waals surface area (Å²) < 4.78 is 13.6.